The summed E-state index contributed by atoms with van der Waals surface area (Å²) in [5.74, 6) is 1.24. The van der Waals surface area contributed by atoms with Gasteiger partial charge in [-0.05, 0) is 37.5 Å². The Morgan fingerprint density at radius 1 is 1.03 bits per heavy atom. The summed E-state index contributed by atoms with van der Waals surface area (Å²) in [5.41, 5.74) is 4.83. The van der Waals surface area contributed by atoms with Gasteiger partial charge in [-0.1, -0.05) is 30.3 Å². The Kier molecular flexibility index (Phi) is 6.98. The third kappa shape index (κ3) is 5.23. The lowest BCUT2D eigenvalue weighted by Crippen LogP contribution is -2.53. The van der Waals surface area contributed by atoms with Gasteiger partial charge in [0.15, 0.2) is 5.82 Å². The second-order valence-electron chi connectivity index (χ2n) is 9.71. The van der Waals surface area contributed by atoms with Crippen molar-refractivity contribution in [2.45, 2.75) is 33.2 Å². The highest BCUT2D eigenvalue weighted by atomic mass is 16.2. The summed E-state index contributed by atoms with van der Waals surface area (Å²) in [6.07, 6.45) is 3.93. The summed E-state index contributed by atoms with van der Waals surface area (Å²) in [6.45, 7) is 9.69. The number of nitrogens with one attached hydrogen (secondary N) is 1. The molecule has 4 heterocycles. The SMILES string of the molecule is Cc1c(Cc2ccccc2)nnc(N2CCN(c3cnc(C(=O)N4CCNC(=O)C4)cn3)[C@H](C)C2)c1C. The average Bonchev–Trinajstić information content (AvgIpc) is 2.92. The van der Waals surface area contributed by atoms with E-state index in [9.17, 15) is 9.59 Å². The lowest BCUT2D eigenvalue weighted by atomic mass is 10.0. The van der Waals surface area contributed by atoms with E-state index in [1.807, 2.05) is 18.2 Å². The molecule has 2 aliphatic heterocycles. The van der Waals surface area contributed by atoms with E-state index in [1.54, 1.807) is 6.20 Å². The van der Waals surface area contributed by atoms with Gasteiger partial charge in [-0.15, -0.1) is 5.10 Å². The van der Waals surface area contributed by atoms with Crippen molar-refractivity contribution < 1.29 is 9.59 Å². The molecule has 0 spiro atoms. The van der Waals surface area contributed by atoms with E-state index in [0.29, 0.717) is 13.1 Å². The van der Waals surface area contributed by atoms with Crippen molar-refractivity contribution in [3.05, 3.63) is 70.8 Å². The molecule has 1 aromatic carbocycles. The number of carbonyl (C=O) groups excluding carboxylic acids is 2. The summed E-state index contributed by atoms with van der Waals surface area (Å²) in [4.78, 5) is 39.2. The van der Waals surface area contributed by atoms with Gasteiger partial charge >= 0.3 is 0 Å². The molecule has 10 nitrogen and oxygen atoms in total. The van der Waals surface area contributed by atoms with Crippen LogP contribution in [0.1, 0.15) is 39.8 Å². The number of piperazine rings is 2. The van der Waals surface area contributed by atoms with Crippen molar-refractivity contribution in [3.8, 4) is 0 Å². The predicted molar refractivity (Wildman–Crippen MR) is 141 cm³/mol. The molecule has 0 radical (unpaired) electrons. The Balaban J connectivity index is 1.24. The Labute approximate surface area is 216 Å². The Morgan fingerprint density at radius 2 is 1.84 bits per heavy atom. The van der Waals surface area contributed by atoms with Crippen LogP contribution in [0, 0.1) is 13.8 Å². The minimum atomic E-state index is -0.271. The first kappa shape index (κ1) is 24.6. The largest absolute Gasteiger partial charge is 0.353 e. The number of carbonyl (C=O) groups is 2. The van der Waals surface area contributed by atoms with Gasteiger partial charge in [-0.25, -0.2) is 9.97 Å². The summed E-state index contributed by atoms with van der Waals surface area (Å²) in [5, 5.41) is 11.9. The molecule has 5 rings (SSSR count). The number of amides is 2. The standard InChI is InChI=1S/C27H32N8O2/c1-18-16-33(26-20(3)19(2)22(31-32-26)13-21-7-5-4-6-8-21)11-12-35(18)24-15-29-23(14-30-24)27(37)34-10-9-28-25(36)17-34/h4-8,14-15,18H,9-13,16-17H2,1-3H3,(H,28,36)/t18-/m1/s1. The van der Waals surface area contributed by atoms with Gasteiger partial charge in [0.1, 0.15) is 11.5 Å². The number of benzene rings is 1. The van der Waals surface area contributed by atoms with E-state index in [1.165, 1.54) is 22.2 Å². The van der Waals surface area contributed by atoms with Crippen molar-refractivity contribution in [1.82, 2.24) is 30.4 Å². The number of hydrogen-bond donors (Lipinski definition) is 1. The fourth-order valence-corrected chi connectivity index (χ4v) is 4.94. The molecule has 37 heavy (non-hydrogen) atoms. The van der Waals surface area contributed by atoms with E-state index < -0.39 is 0 Å². The van der Waals surface area contributed by atoms with Crippen LogP contribution in [0.15, 0.2) is 42.7 Å². The molecule has 2 aromatic heterocycles. The molecule has 0 saturated carbocycles. The summed E-state index contributed by atoms with van der Waals surface area (Å²) >= 11 is 0. The van der Waals surface area contributed by atoms with Gasteiger partial charge in [0.25, 0.3) is 5.91 Å². The highest BCUT2D eigenvalue weighted by Gasteiger charge is 2.28. The Bertz CT molecular complexity index is 1280. The van der Waals surface area contributed by atoms with Crippen molar-refractivity contribution in [2.75, 3.05) is 49.1 Å². The molecular formula is C27H32N8O2. The molecule has 2 saturated heterocycles. The van der Waals surface area contributed by atoms with E-state index in [0.717, 1.165) is 48.9 Å². The zero-order valence-electron chi connectivity index (χ0n) is 21.5. The molecule has 3 aromatic rings. The van der Waals surface area contributed by atoms with Crippen LogP contribution in [0.4, 0.5) is 11.6 Å². The van der Waals surface area contributed by atoms with E-state index >= 15 is 0 Å². The van der Waals surface area contributed by atoms with Crippen molar-refractivity contribution in [2.24, 2.45) is 0 Å². The molecule has 1 atom stereocenters. The number of nitrogens with zero attached hydrogens (tertiary/aromatic N) is 7. The molecule has 1 N–H and O–H groups in total. The number of rotatable bonds is 5. The van der Waals surface area contributed by atoms with Crippen LogP contribution in [-0.4, -0.2) is 82.2 Å². The molecule has 192 valence electrons. The fourth-order valence-electron chi connectivity index (χ4n) is 4.94. The molecule has 0 bridgehead atoms. The molecular weight excluding hydrogens is 468 g/mol. The molecule has 10 heteroatoms. The monoisotopic (exact) mass is 500 g/mol. The lowest BCUT2D eigenvalue weighted by molar-refractivity contribution is -0.123. The highest BCUT2D eigenvalue weighted by Crippen LogP contribution is 2.26. The lowest BCUT2D eigenvalue weighted by Gasteiger charge is -2.41. The average molecular weight is 501 g/mol. The van der Waals surface area contributed by atoms with Gasteiger partial charge in [-0.3, -0.25) is 9.59 Å². The third-order valence-electron chi connectivity index (χ3n) is 7.21. The van der Waals surface area contributed by atoms with Gasteiger partial charge in [0.2, 0.25) is 5.91 Å². The maximum Gasteiger partial charge on any atom is 0.274 e. The predicted octanol–water partition coefficient (Wildman–Crippen LogP) is 1.76. The maximum atomic E-state index is 12.7. The van der Waals surface area contributed by atoms with Gasteiger partial charge in [0.05, 0.1) is 24.6 Å². The van der Waals surface area contributed by atoms with Crippen LogP contribution < -0.4 is 15.1 Å². The topological polar surface area (TPSA) is 107 Å². The zero-order valence-corrected chi connectivity index (χ0v) is 21.5. The molecule has 2 amide bonds. The second kappa shape index (κ2) is 10.5. The Hall–Kier alpha value is -4.08. The quantitative estimate of drug-likeness (QED) is 0.565. The minimum Gasteiger partial charge on any atom is -0.353 e. The van der Waals surface area contributed by atoms with Gasteiger partial charge in [0, 0.05) is 45.2 Å². The molecule has 0 unspecified atom stereocenters. The van der Waals surface area contributed by atoms with E-state index in [-0.39, 0.29) is 30.1 Å². The number of aromatic nitrogens is 4. The summed E-state index contributed by atoms with van der Waals surface area (Å²) in [7, 11) is 0. The minimum absolute atomic E-state index is 0.0519. The van der Waals surface area contributed by atoms with E-state index in [2.05, 4.69) is 68.2 Å². The number of hydrogen-bond acceptors (Lipinski definition) is 8. The smallest absolute Gasteiger partial charge is 0.274 e. The second-order valence-corrected chi connectivity index (χ2v) is 9.71. The van der Waals surface area contributed by atoms with Crippen LogP contribution in [0.3, 0.4) is 0 Å². The first-order valence-electron chi connectivity index (χ1n) is 12.7. The molecule has 2 aliphatic rings. The summed E-state index contributed by atoms with van der Waals surface area (Å²) < 4.78 is 0. The third-order valence-corrected chi connectivity index (χ3v) is 7.21. The molecule has 0 aliphatic carbocycles. The van der Waals surface area contributed by atoms with Gasteiger partial charge in [-0.2, -0.15) is 5.10 Å². The van der Waals surface area contributed by atoms with Crippen LogP contribution in [-0.2, 0) is 11.2 Å². The first-order valence-corrected chi connectivity index (χ1v) is 12.7. The van der Waals surface area contributed by atoms with Crippen molar-refractivity contribution in [1.29, 1.82) is 0 Å². The normalized spacial score (nSPS) is 18.1. The molecule has 2 fully saturated rings. The first-order chi connectivity index (χ1) is 17.9. The van der Waals surface area contributed by atoms with Crippen LogP contribution in [0.25, 0.3) is 0 Å². The Morgan fingerprint density at radius 3 is 2.54 bits per heavy atom. The van der Waals surface area contributed by atoms with E-state index in [4.69, 9.17) is 0 Å². The maximum absolute atomic E-state index is 12.7. The zero-order chi connectivity index (χ0) is 25.9. The van der Waals surface area contributed by atoms with Gasteiger partial charge < -0.3 is 20.0 Å². The van der Waals surface area contributed by atoms with Crippen LogP contribution in [0.5, 0.6) is 0 Å². The van der Waals surface area contributed by atoms with Crippen LogP contribution >= 0.6 is 0 Å². The fraction of sp³-hybridized carbons (Fsp3) is 0.407. The van der Waals surface area contributed by atoms with Crippen molar-refractivity contribution in [3.63, 3.8) is 0 Å². The van der Waals surface area contributed by atoms with Crippen molar-refractivity contribution >= 4 is 23.5 Å². The summed E-state index contributed by atoms with van der Waals surface area (Å²) in [6, 6.07) is 10.5. The number of anilines is 2. The van der Waals surface area contributed by atoms with Crippen LogP contribution in [0.2, 0.25) is 0 Å². The highest BCUT2D eigenvalue weighted by molar-refractivity contribution is 5.95.